The lowest BCUT2D eigenvalue weighted by atomic mass is 10.1. The second-order valence-corrected chi connectivity index (χ2v) is 8.13. The molecule has 0 rings (SSSR count). The topological polar surface area (TPSA) is 301 Å². The monoisotopic (exact) mass is 533 g/mol. The predicted molar refractivity (Wildman–Crippen MR) is 132 cm³/mol. The number of nitrogens with two attached hydrogens (primary N) is 5. The van der Waals surface area contributed by atoms with Crippen molar-refractivity contribution in [2.75, 3.05) is 12.3 Å². The van der Waals surface area contributed by atoms with Crippen LogP contribution in [-0.4, -0.2) is 83.0 Å². The number of carbonyl (C=O) groups excluding carboxylic acids is 5. The molecule has 0 aliphatic heterocycles. The summed E-state index contributed by atoms with van der Waals surface area (Å²) < 4.78 is 0. The van der Waals surface area contributed by atoms with E-state index in [0.717, 1.165) is 0 Å². The van der Waals surface area contributed by atoms with E-state index in [-0.39, 0.29) is 56.8 Å². The molecule has 0 saturated heterocycles. The van der Waals surface area contributed by atoms with Crippen molar-refractivity contribution in [1.82, 2.24) is 16.0 Å². The van der Waals surface area contributed by atoms with Gasteiger partial charge in [0.1, 0.15) is 18.1 Å². The van der Waals surface area contributed by atoms with E-state index in [9.17, 15) is 33.9 Å². The first-order chi connectivity index (χ1) is 16.8. The number of hydrogen-bond acceptors (Lipinski definition) is 9. The molecule has 0 aromatic heterocycles. The molecule has 0 heterocycles. The van der Waals surface area contributed by atoms with Gasteiger partial charge in [0.25, 0.3) is 0 Å². The minimum absolute atomic E-state index is 0.0201. The summed E-state index contributed by atoms with van der Waals surface area (Å²) in [7, 11) is 0. The van der Waals surface area contributed by atoms with Gasteiger partial charge >= 0.3 is 5.97 Å². The van der Waals surface area contributed by atoms with E-state index in [1.54, 1.807) is 0 Å². The number of carboxylic acids is 1. The van der Waals surface area contributed by atoms with Crippen molar-refractivity contribution in [2.45, 2.75) is 62.7 Å². The zero-order valence-corrected chi connectivity index (χ0v) is 20.5. The Balaban J connectivity index is 5.66. The zero-order valence-electron chi connectivity index (χ0n) is 19.6. The molecule has 0 radical (unpaired) electrons. The number of carboxylic acid groups (broad SMARTS) is 1. The lowest BCUT2D eigenvalue weighted by Gasteiger charge is -2.25. The first-order valence-corrected chi connectivity index (χ1v) is 11.5. The van der Waals surface area contributed by atoms with Crippen LogP contribution >= 0.6 is 12.6 Å². The standard InChI is InChI=1S/C19H35N9O7S/c20-9(8-36)15(31)26-11(3-5-13(21)29)17(33)27-10(2-1-7-25-19(23)24)16(32)28-12(18(34)35)4-6-14(22)30/h9-12,36H,1-8,20H2,(H2,21,29)(H2,22,30)(H,26,31)(H,27,33)(H,28,32)(H,34,35)(H4,23,24,25). The number of hydrogen-bond donors (Lipinski definition) is 10. The Hall–Kier alpha value is -3.60. The van der Waals surface area contributed by atoms with E-state index in [2.05, 4.69) is 33.6 Å². The highest BCUT2D eigenvalue weighted by molar-refractivity contribution is 7.80. The van der Waals surface area contributed by atoms with Gasteiger partial charge in [0, 0.05) is 25.1 Å². The quantitative estimate of drug-likeness (QED) is 0.0347. The summed E-state index contributed by atoms with van der Waals surface area (Å²) in [5.74, 6) is -5.56. The molecule has 0 saturated carbocycles. The van der Waals surface area contributed by atoms with Crippen molar-refractivity contribution in [1.29, 1.82) is 0 Å². The Morgan fingerprint density at radius 1 is 0.750 bits per heavy atom. The van der Waals surface area contributed by atoms with Crippen LogP contribution in [0.4, 0.5) is 0 Å². The first kappa shape index (κ1) is 32.4. The van der Waals surface area contributed by atoms with Gasteiger partial charge < -0.3 is 49.7 Å². The summed E-state index contributed by atoms with van der Waals surface area (Å²) in [4.78, 5) is 75.4. The Bertz CT molecular complexity index is 836. The van der Waals surface area contributed by atoms with Gasteiger partial charge in [-0.1, -0.05) is 0 Å². The smallest absolute Gasteiger partial charge is 0.326 e. The number of primary amides is 2. The SMILES string of the molecule is NC(=O)CCC(NC(=O)C(CCCN=C(N)N)NC(=O)C(CCC(N)=O)NC(=O)C(N)CS)C(=O)O. The first-order valence-electron chi connectivity index (χ1n) is 10.9. The van der Waals surface area contributed by atoms with Crippen LogP contribution in [0.3, 0.4) is 0 Å². The van der Waals surface area contributed by atoms with Gasteiger partial charge in [-0.2, -0.15) is 12.6 Å². The van der Waals surface area contributed by atoms with E-state index in [4.69, 9.17) is 28.7 Å². The highest BCUT2D eigenvalue weighted by Crippen LogP contribution is 2.06. The summed E-state index contributed by atoms with van der Waals surface area (Å²) in [6.07, 6.45) is -0.842. The van der Waals surface area contributed by atoms with Crippen molar-refractivity contribution >= 4 is 54.1 Å². The molecule has 0 bridgehead atoms. The van der Waals surface area contributed by atoms with Gasteiger partial charge in [0.2, 0.25) is 29.5 Å². The number of nitrogens with zero attached hydrogens (tertiary/aromatic N) is 1. The highest BCUT2D eigenvalue weighted by Gasteiger charge is 2.30. The molecule has 0 aromatic carbocycles. The van der Waals surface area contributed by atoms with Crippen LogP contribution in [0, 0.1) is 0 Å². The van der Waals surface area contributed by atoms with E-state index in [0.29, 0.717) is 0 Å². The van der Waals surface area contributed by atoms with Gasteiger partial charge in [-0.05, 0) is 25.7 Å². The number of rotatable bonds is 18. The maximum Gasteiger partial charge on any atom is 0.326 e. The molecular weight excluding hydrogens is 498 g/mol. The molecule has 14 N–H and O–H groups in total. The third kappa shape index (κ3) is 14.0. The van der Waals surface area contributed by atoms with E-state index >= 15 is 0 Å². The van der Waals surface area contributed by atoms with Gasteiger partial charge in [0.05, 0.1) is 6.04 Å². The van der Waals surface area contributed by atoms with E-state index in [1.165, 1.54) is 0 Å². The Morgan fingerprint density at radius 3 is 1.64 bits per heavy atom. The molecule has 0 fully saturated rings. The van der Waals surface area contributed by atoms with Gasteiger partial charge in [-0.3, -0.25) is 29.0 Å². The zero-order chi connectivity index (χ0) is 27.8. The van der Waals surface area contributed by atoms with E-state index in [1.807, 2.05) is 0 Å². The van der Waals surface area contributed by atoms with Crippen LogP contribution in [0.1, 0.15) is 38.5 Å². The summed E-state index contributed by atoms with van der Waals surface area (Å²) in [5.41, 5.74) is 26.3. The van der Waals surface area contributed by atoms with Crippen molar-refractivity contribution in [2.24, 2.45) is 33.7 Å². The van der Waals surface area contributed by atoms with Crippen LogP contribution in [0.15, 0.2) is 4.99 Å². The molecule has 4 unspecified atom stereocenters. The molecule has 204 valence electrons. The predicted octanol–water partition coefficient (Wildman–Crippen LogP) is -4.63. The summed E-state index contributed by atoms with van der Waals surface area (Å²) in [5, 5.41) is 16.4. The number of aliphatic carboxylic acids is 1. The number of guanidine groups is 1. The van der Waals surface area contributed by atoms with Crippen LogP contribution < -0.4 is 44.6 Å². The number of nitrogens with one attached hydrogen (secondary N) is 3. The largest absolute Gasteiger partial charge is 0.480 e. The average molecular weight is 534 g/mol. The number of aliphatic imine (C=N–C) groups is 1. The molecule has 16 nitrogen and oxygen atoms in total. The molecule has 0 aliphatic carbocycles. The lowest BCUT2D eigenvalue weighted by Crippen LogP contribution is -2.57. The summed E-state index contributed by atoms with van der Waals surface area (Å²) in [6, 6.07) is -5.07. The van der Waals surface area contributed by atoms with Crippen LogP contribution in [-0.2, 0) is 28.8 Å². The van der Waals surface area contributed by atoms with Gasteiger partial charge in [-0.15, -0.1) is 0 Å². The van der Waals surface area contributed by atoms with E-state index < -0.39 is 59.7 Å². The highest BCUT2D eigenvalue weighted by atomic mass is 32.1. The fourth-order valence-corrected chi connectivity index (χ4v) is 2.94. The normalized spacial score (nSPS) is 13.8. The van der Waals surface area contributed by atoms with Crippen LogP contribution in [0.2, 0.25) is 0 Å². The molecule has 0 aliphatic rings. The minimum atomic E-state index is -1.46. The lowest BCUT2D eigenvalue weighted by molar-refractivity contribution is -0.142. The fraction of sp³-hybridized carbons (Fsp3) is 0.632. The molecule has 0 aromatic rings. The Labute approximate surface area is 212 Å². The van der Waals surface area contributed by atoms with Gasteiger partial charge in [0.15, 0.2) is 5.96 Å². The van der Waals surface area contributed by atoms with Crippen LogP contribution in [0.25, 0.3) is 0 Å². The second-order valence-electron chi connectivity index (χ2n) is 7.77. The number of thiol groups is 1. The Kier molecular flexibility index (Phi) is 15.2. The average Bonchev–Trinajstić information content (AvgIpc) is 2.79. The number of carbonyl (C=O) groups is 6. The maximum atomic E-state index is 12.9. The molecule has 5 amide bonds. The van der Waals surface area contributed by atoms with Crippen molar-refractivity contribution < 1.29 is 33.9 Å². The summed E-state index contributed by atoms with van der Waals surface area (Å²) in [6.45, 7) is 0.102. The minimum Gasteiger partial charge on any atom is -0.480 e. The van der Waals surface area contributed by atoms with Crippen molar-refractivity contribution in [3.63, 3.8) is 0 Å². The number of amides is 5. The molecule has 17 heteroatoms. The third-order valence-corrected chi connectivity index (χ3v) is 5.11. The van der Waals surface area contributed by atoms with Crippen LogP contribution in [0.5, 0.6) is 0 Å². The summed E-state index contributed by atoms with van der Waals surface area (Å²) >= 11 is 3.92. The Morgan fingerprint density at radius 2 is 1.19 bits per heavy atom. The molecule has 36 heavy (non-hydrogen) atoms. The fourth-order valence-electron chi connectivity index (χ4n) is 2.78. The molecule has 0 spiro atoms. The molecule has 4 atom stereocenters. The van der Waals surface area contributed by atoms with Crippen molar-refractivity contribution in [3.8, 4) is 0 Å². The molecular formula is C19H35N9O7S. The van der Waals surface area contributed by atoms with Gasteiger partial charge in [-0.25, -0.2) is 4.79 Å². The maximum absolute atomic E-state index is 12.9. The second kappa shape index (κ2) is 16.9. The van der Waals surface area contributed by atoms with Crippen molar-refractivity contribution in [3.05, 3.63) is 0 Å². The third-order valence-electron chi connectivity index (χ3n) is 4.72.